The average Bonchev–Trinajstić information content (AvgIpc) is 2.74. The number of ether oxygens (including phenoxy) is 1. The van der Waals surface area contributed by atoms with E-state index in [0.29, 0.717) is 41.7 Å². The number of benzene rings is 2. The minimum atomic E-state index is -1.12. The molecule has 3 aromatic rings. The summed E-state index contributed by atoms with van der Waals surface area (Å²) in [5.74, 6) is -0.368. The first-order valence-electron chi connectivity index (χ1n) is 9.80. The molecule has 152 valence electrons. The van der Waals surface area contributed by atoms with Crippen molar-refractivity contribution in [1.29, 1.82) is 0 Å². The molecule has 2 aromatic carbocycles. The molecule has 0 amide bonds. The van der Waals surface area contributed by atoms with Gasteiger partial charge in [-0.3, -0.25) is 0 Å². The largest absolute Gasteiger partial charge is 0.481 e. The first-order valence-corrected chi connectivity index (χ1v) is 9.80. The number of aromatic nitrogens is 1. The second-order valence-corrected chi connectivity index (χ2v) is 7.66. The third-order valence-electron chi connectivity index (χ3n) is 5.76. The van der Waals surface area contributed by atoms with Gasteiger partial charge in [-0.25, -0.2) is 9.37 Å². The highest BCUT2D eigenvalue weighted by Crippen LogP contribution is 2.44. The van der Waals surface area contributed by atoms with Gasteiger partial charge in [0.15, 0.2) is 0 Å². The van der Waals surface area contributed by atoms with E-state index in [1.165, 1.54) is 12.1 Å². The summed E-state index contributed by atoms with van der Waals surface area (Å²) >= 11 is 0. The van der Waals surface area contributed by atoms with Crippen LogP contribution in [0.5, 0.6) is 5.88 Å². The lowest BCUT2D eigenvalue weighted by Gasteiger charge is -2.43. The number of pyridine rings is 1. The summed E-state index contributed by atoms with van der Waals surface area (Å²) in [5.41, 5.74) is 1.14. The van der Waals surface area contributed by atoms with Gasteiger partial charge in [-0.15, -0.1) is 0 Å². The van der Waals surface area contributed by atoms with Crippen LogP contribution in [0, 0.1) is 5.82 Å². The fraction of sp³-hybridized carbons (Fsp3) is 0.348. The van der Waals surface area contributed by atoms with Crippen molar-refractivity contribution < 1.29 is 19.3 Å². The Bertz CT molecular complexity index is 998. The highest BCUT2D eigenvalue weighted by atomic mass is 19.1. The van der Waals surface area contributed by atoms with E-state index < -0.39 is 11.5 Å². The number of nitrogens with one attached hydrogen (secondary N) is 1. The van der Waals surface area contributed by atoms with E-state index in [1.54, 1.807) is 13.2 Å². The molecule has 0 radical (unpaired) electrons. The molecule has 0 saturated carbocycles. The number of rotatable bonds is 5. The van der Waals surface area contributed by atoms with Crippen molar-refractivity contribution in [3.63, 3.8) is 0 Å². The van der Waals surface area contributed by atoms with E-state index in [0.717, 1.165) is 5.56 Å². The predicted molar refractivity (Wildman–Crippen MR) is 110 cm³/mol. The van der Waals surface area contributed by atoms with Crippen LogP contribution in [0.3, 0.4) is 0 Å². The van der Waals surface area contributed by atoms with Crippen molar-refractivity contribution in [3.05, 3.63) is 71.5 Å². The van der Waals surface area contributed by atoms with Crippen molar-refractivity contribution in [2.24, 2.45) is 0 Å². The number of aliphatic hydroxyl groups is 2. The van der Waals surface area contributed by atoms with Crippen molar-refractivity contribution in [1.82, 2.24) is 10.3 Å². The molecule has 0 spiro atoms. The zero-order chi connectivity index (χ0) is 20.4. The third-order valence-corrected chi connectivity index (χ3v) is 5.76. The normalized spacial score (nSPS) is 23.1. The van der Waals surface area contributed by atoms with Crippen molar-refractivity contribution >= 4 is 10.9 Å². The number of nitrogens with zero attached hydrogens (tertiary/aromatic N) is 1. The molecule has 1 aromatic heterocycles. The lowest BCUT2D eigenvalue weighted by atomic mass is 9.71. The molecular weight excluding hydrogens is 371 g/mol. The Kier molecular flexibility index (Phi) is 5.50. The molecule has 1 aliphatic rings. The lowest BCUT2D eigenvalue weighted by Crippen LogP contribution is -2.52. The Morgan fingerprint density at radius 2 is 2.03 bits per heavy atom. The first-order chi connectivity index (χ1) is 14.0. The Balaban J connectivity index is 1.92. The van der Waals surface area contributed by atoms with Crippen molar-refractivity contribution in [3.8, 4) is 5.88 Å². The summed E-state index contributed by atoms with van der Waals surface area (Å²) in [6.45, 7) is 0.533. The SMILES string of the molecule is COc1nc2ccc(F)cc2cc1C(c1ccccc1)C1(O)CCNC(CO)C1. The molecule has 2 heterocycles. The van der Waals surface area contributed by atoms with Crippen LogP contribution in [-0.2, 0) is 0 Å². The van der Waals surface area contributed by atoms with Crippen LogP contribution >= 0.6 is 0 Å². The van der Waals surface area contributed by atoms with Gasteiger partial charge < -0.3 is 20.3 Å². The maximum atomic E-state index is 13.9. The molecule has 1 saturated heterocycles. The summed E-state index contributed by atoms with van der Waals surface area (Å²) in [4.78, 5) is 4.58. The van der Waals surface area contributed by atoms with Gasteiger partial charge in [0.05, 0.1) is 24.8 Å². The fourth-order valence-corrected chi connectivity index (χ4v) is 4.43. The highest BCUT2D eigenvalue weighted by molar-refractivity contribution is 5.80. The molecule has 5 nitrogen and oxygen atoms in total. The molecule has 3 N–H and O–H groups in total. The van der Waals surface area contributed by atoms with Crippen LogP contribution in [0.15, 0.2) is 54.6 Å². The van der Waals surface area contributed by atoms with E-state index in [-0.39, 0.29) is 18.5 Å². The average molecular weight is 396 g/mol. The van der Waals surface area contributed by atoms with Crippen LogP contribution in [0.25, 0.3) is 10.9 Å². The molecule has 0 aliphatic carbocycles. The Morgan fingerprint density at radius 3 is 2.76 bits per heavy atom. The van der Waals surface area contributed by atoms with Gasteiger partial charge in [0.2, 0.25) is 5.88 Å². The number of hydrogen-bond acceptors (Lipinski definition) is 5. The minimum Gasteiger partial charge on any atom is -0.481 e. The van der Waals surface area contributed by atoms with E-state index >= 15 is 0 Å². The molecule has 29 heavy (non-hydrogen) atoms. The number of fused-ring (bicyclic) bond motifs is 1. The molecule has 3 atom stereocenters. The molecule has 3 unspecified atom stereocenters. The van der Waals surface area contributed by atoms with Gasteiger partial charge in [-0.1, -0.05) is 30.3 Å². The maximum absolute atomic E-state index is 13.9. The second kappa shape index (κ2) is 8.06. The summed E-state index contributed by atoms with van der Waals surface area (Å²) in [6.07, 6.45) is 0.890. The maximum Gasteiger partial charge on any atom is 0.217 e. The second-order valence-electron chi connectivity index (χ2n) is 7.66. The summed E-state index contributed by atoms with van der Waals surface area (Å²) in [7, 11) is 1.55. The van der Waals surface area contributed by atoms with Gasteiger partial charge in [0, 0.05) is 22.9 Å². The van der Waals surface area contributed by atoms with Gasteiger partial charge in [0.1, 0.15) is 5.82 Å². The molecule has 1 aliphatic heterocycles. The quantitative estimate of drug-likeness (QED) is 0.618. The standard InChI is InChI=1S/C23H25FN2O3/c1-29-22-19(12-16-11-17(24)7-8-20(16)26-22)21(15-5-3-2-4-6-15)23(28)9-10-25-18(13-23)14-27/h2-8,11-12,18,21,25,27-28H,9-10,13-14H2,1H3. The van der Waals surface area contributed by atoms with Gasteiger partial charge in [0.25, 0.3) is 0 Å². The number of aliphatic hydroxyl groups excluding tert-OH is 1. The van der Waals surface area contributed by atoms with Gasteiger partial charge >= 0.3 is 0 Å². The van der Waals surface area contributed by atoms with Gasteiger partial charge in [-0.2, -0.15) is 0 Å². The molecular formula is C23H25FN2O3. The van der Waals surface area contributed by atoms with Crippen LogP contribution in [0.2, 0.25) is 0 Å². The van der Waals surface area contributed by atoms with Crippen LogP contribution in [0.4, 0.5) is 4.39 Å². The highest BCUT2D eigenvalue weighted by Gasteiger charge is 2.44. The monoisotopic (exact) mass is 396 g/mol. The number of halogens is 1. The zero-order valence-corrected chi connectivity index (χ0v) is 16.3. The first kappa shape index (κ1) is 19.8. The summed E-state index contributed by atoms with van der Waals surface area (Å²) in [5, 5.41) is 25.3. The Hall–Kier alpha value is -2.54. The van der Waals surface area contributed by atoms with E-state index in [9.17, 15) is 14.6 Å². The lowest BCUT2D eigenvalue weighted by molar-refractivity contribution is -0.0261. The smallest absolute Gasteiger partial charge is 0.217 e. The number of hydrogen-bond donors (Lipinski definition) is 3. The number of methoxy groups -OCH3 is 1. The Morgan fingerprint density at radius 1 is 1.24 bits per heavy atom. The van der Waals surface area contributed by atoms with E-state index in [2.05, 4.69) is 10.3 Å². The van der Waals surface area contributed by atoms with Crippen LogP contribution in [-0.4, -0.2) is 47.1 Å². The van der Waals surface area contributed by atoms with Gasteiger partial charge in [-0.05, 0) is 49.2 Å². The van der Waals surface area contributed by atoms with E-state index in [1.807, 2.05) is 36.4 Å². The van der Waals surface area contributed by atoms with Crippen LogP contribution < -0.4 is 10.1 Å². The molecule has 1 fully saturated rings. The predicted octanol–water partition coefficient (Wildman–Crippen LogP) is 2.99. The summed E-state index contributed by atoms with van der Waals surface area (Å²) in [6, 6.07) is 15.8. The molecule has 0 bridgehead atoms. The molecule has 4 rings (SSSR count). The zero-order valence-electron chi connectivity index (χ0n) is 16.3. The topological polar surface area (TPSA) is 74.6 Å². The third kappa shape index (κ3) is 3.83. The van der Waals surface area contributed by atoms with Crippen LogP contribution in [0.1, 0.15) is 29.9 Å². The minimum absolute atomic E-state index is 0.0534. The fourth-order valence-electron chi connectivity index (χ4n) is 4.43. The Labute approximate surface area is 169 Å². The van der Waals surface area contributed by atoms with Crippen molar-refractivity contribution in [2.45, 2.75) is 30.4 Å². The van der Waals surface area contributed by atoms with Crippen molar-refractivity contribution in [2.75, 3.05) is 20.3 Å². The van der Waals surface area contributed by atoms with E-state index in [4.69, 9.17) is 4.74 Å². The number of piperidine rings is 1. The summed E-state index contributed by atoms with van der Waals surface area (Å²) < 4.78 is 19.5. The molecule has 6 heteroatoms.